The first-order valence-corrected chi connectivity index (χ1v) is 17.5. The lowest BCUT2D eigenvalue weighted by Crippen LogP contribution is -2.45. The summed E-state index contributed by atoms with van der Waals surface area (Å²) in [6, 6.07) is 21.2. The molecule has 1 fully saturated rings. The van der Waals surface area contributed by atoms with Crippen molar-refractivity contribution < 1.29 is 28.3 Å². The van der Waals surface area contributed by atoms with Gasteiger partial charge in [-0.3, -0.25) is 14.5 Å². The Balaban J connectivity index is 1.35. The number of hydrogen-bond acceptors (Lipinski definition) is 5. The number of aliphatic hydroxyl groups is 1. The van der Waals surface area contributed by atoms with Gasteiger partial charge in [0.2, 0.25) is 14.3 Å². The molecular weight excluding hydrogens is 551 g/mol. The van der Waals surface area contributed by atoms with Crippen molar-refractivity contribution in [3.63, 3.8) is 0 Å². The molecule has 0 saturated carbocycles. The van der Waals surface area contributed by atoms with Crippen LogP contribution in [0.4, 0.5) is 21.2 Å². The van der Waals surface area contributed by atoms with E-state index in [4.69, 9.17) is 9.47 Å². The van der Waals surface area contributed by atoms with Gasteiger partial charge in [-0.05, 0) is 73.5 Å². The second-order valence-electron chi connectivity index (χ2n) is 12.1. The molecule has 3 aliphatic heterocycles. The summed E-state index contributed by atoms with van der Waals surface area (Å²) < 4.78 is 27.9. The van der Waals surface area contributed by atoms with E-state index in [-0.39, 0.29) is 31.4 Å². The van der Waals surface area contributed by atoms with E-state index in [1.807, 2.05) is 67.6 Å². The molecular formula is C33H37FN2O5Si. The summed E-state index contributed by atoms with van der Waals surface area (Å²) in [4.78, 5) is 30.8. The number of carbonyl (C=O) groups is 2. The molecule has 0 aliphatic carbocycles. The van der Waals surface area contributed by atoms with Gasteiger partial charge in [0.15, 0.2) is 5.60 Å². The first-order chi connectivity index (χ1) is 20.1. The van der Waals surface area contributed by atoms with E-state index in [0.717, 1.165) is 28.9 Å². The van der Waals surface area contributed by atoms with E-state index in [1.165, 1.54) is 0 Å². The summed E-state index contributed by atoms with van der Waals surface area (Å²) in [6.07, 6.45) is 0.890. The Morgan fingerprint density at radius 3 is 2.48 bits per heavy atom. The minimum absolute atomic E-state index is 0.0553. The van der Waals surface area contributed by atoms with Crippen LogP contribution in [0, 0.1) is 5.92 Å². The standard InChI is InChI=1S/C33H37FN2O5Si/c1-21-31(42(3,4)34)29(17-18-37)41-33(21)26-19-25(40-2)14-15-28(26)35(32(33)39)20-22-9-12-24(13-10-22)36-27-8-6-5-7-23(27)11-16-30(36)38/h5-10,12-15,19,21,29,31,37H,11,16-18,20H2,1-4H3/t21-,29+,31-,33+/m0/s1. The second kappa shape index (κ2) is 10.6. The molecule has 7 nitrogen and oxygen atoms in total. The van der Waals surface area contributed by atoms with Crippen LogP contribution >= 0.6 is 0 Å². The van der Waals surface area contributed by atoms with Crippen molar-refractivity contribution in [1.29, 1.82) is 0 Å². The molecule has 3 aromatic carbocycles. The highest BCUT2D eigenvalue weighted by atomic mass is 28.4. The molecule has 4 atom stereocenters. The average molecular weight is 589 g/mol. The number of rotatable bonds is 7. The summed E-state index contributed by atoms with van der Waals surface area (Å²) >= 11 is 0. The van der Waals surface area contributed by atoms with E-state index in [9.17, 15) is 14.7 Å². The third-order valence-electron chi connectivity index (χ3n) is 9.21. The first kappa shape index (κ1) is 28.6. The molecule has 9 heteroatoms. The third-order valence-corrected chi connectivity index (χ3v) is 11.7. The molecule has 0 bridgehead atoms. The maximum absolute atomic E-state index is 15.8. The van der Waals surface area contributed by atoms with Gasteiger partial charge < -0.3 is 23.6 Å². The van der Waals surface area contributed by atoms with E-state index in [2.05, 4.69) is 6.07 Å². The van der Waals surface area contributed by atoms with Crippen molar-refractivity contribution >= 4 is 37.3 Å². The second-order valence-corrected chi connectivity index (χ2v) is 15.9. The molecule has 0 radical (unpaired) electrons. The highest BCUT2D eigenvalue weighted by molar-refractivity contribution is 6.72. The monoisotopic (exact) mass is 588 g/mol. The SMILES string of the molecule is COc1ccc2c(c1)[C@@]1(O[C@H](CCO)[C@@H]([Si](C)(C)F)[C@@H]1C)C(=O)N2Cc1ccc(N2C(=O)CCc3ccccc32)cc1. The fourth-order valence-corrected chi connectivity index (χ4v) is 9.89. The molecule has 2 amide bonds. The molecule has 1 N–H and O–H groups in total. The van der Waals surface area contributed by atoms with Crippen LogP contribution in [0.15, 0.2) is 66.7 Å². The van der Waals surface area contributed by atoms with Crippen molar-refractivity contribution in [2.24, 2.45) is 5.92 Å². The number of anilines is 3. The summed E-state index contributed by atoms with van der Waals surface area (Å²) in [5, 5.41) is 9.78. The largest absolute Gasteiger partial charge is 0.497 e. The van der Waals surface area contributed by atoms with E-state index in [0.29, 0.717) is 23.4 Å². The van der Waals surface area contributed by atoms with Crippen molar-refractivity contribution in [3.05, 3.63) is 83.4 Å². The Morgan fingerprint density at radius 1 is 1.05 bits per heavy atom. The van der Waals surface area contributed by atoms with Crippen LogP contribution in [-0.2, 0) is 32.9 Å². The molecule has 3 aromatic rings. The Bertz CT molecular complexity index is 1520. The average Bonchev–Trinajstić information content (AvgIpc) is 3.40. The van der Waals surface area contributed by atoms with Gasteiger partial charge in [0.25, 0.3) is 5.91 Å². The van der Waals surface area contributed by atoms with Crippen LogP contribution in [0.5, 0.6) is 5.75 Å². The van der Waals surface area contributed by atoms with E-state index in [1.54, 1.807) is 30.0 Å². The lowest BCUT2D eigenvalue weighted by molar-refractivity contribution is -0.146. The number of para-hydroxylation sites is 1. The van der Waals surface area contributed by atoms with Gasteiger partial charge in [0, 0.05) is 35.7 Å². The number of carbonyl (C=O) groups excluding carboxylic acids is 2. The Kier molecular flexibility index (Phi) is 7.23. The zero-order chi connectivity index (χ0) is 29.8. The Labute approximate surface area is 247 Å². The van der Waals surface area contributed by atoms with Crippen LogP contribution in [0.25, 0.3) is 0 Å². The number of nitrogens with zero attached hydrogens (tertiary/aromatic N) is 2. The summed E-state index contributed by atoms with van der Waals surface area (Å²) in [5.74, 6) is -0.0178. The van der Waals surface area contributed by atoms with Crippen LogP contribution in [0.3, 0.4) is 0 Å². The number of hydrogen-bond donors (Lipinski definition) is 1. The number of fused-ring (bicyclic) bond motifs is 3. The quantitative estimate of drug-likeness (QED) is 0.270. The van der Waals surface area contributed by atoms with Crippen molar-refractivity contribution in [2.75, 3.05) is 23.5 Å². The van der Waals surface area contributed by atoms with Crippen LogP contribution in [0.1, 0.15) is 36.5 Å². The lowest BCUT2D eigenvalue weighted by Gasteiger charge is -2.31. The number of aliphatic hydroxyl groups excluding tert-OH is 1. The minimum atomic E-state index is -3.27. The van der Waals surface area contributed by atoms with Crippen molar-refractivity contribution in [1.82, 2.24) is 0 Å². The van der Waals surface area contributed by atoms with E-state index < -0.39 is 31.6 Å². The molecule has 1 saturated heterocycles. The topological polar surface area (TPSA) is 79.3 Å². The molecule has 0 aromatic heterocycles. The van der Waals surface area contributed by atoms with Gasteiger partial charge in [-0.25, -0.2) is 0 Å². The highest BCUT2D eigenvalue weighted by Crippen LogP contribution is 2.60. The first-order valence-electron chi connectivity index (χ1n) is 14.6. The molecule has 3 aliphatic rings. The lowest BCUT2D eigenvalue weighted by atomic mass is 9.82. The Morgan fingerprint density at radius 2 is 1.79 bits per heavy atom. The summed E-state index contributed by atoms with van der Waals surface area (Å²) in [7, 11) is -1.70. The van der Waals surface area contributed by atoms with E-state index >= 15 is 4.11 Å². The van der Waals surface area contributed by atoms with Gasteiger partial charge >= 0.3 is 0 Å². The van der Waals surface area contributed by atoms with Gasteiger partial charge in [-0.1, -0.05) is 37.3 Å². The van der Waals surface area contributed by atoms with Crippen molar-refractivity contribution in [2.45, 2.75) is 63.1 Å². The summed E-state index contributed by atoms with van der Waals surface area (Å²) in [5.41, 5.74) is 3.27. The zero-order valence-electron chi connectivity index (χ0n) is 24.5. The number of halogens is 1. The molecule has 0 unspecified atom stereocenters. The maximum Gasteiger partial charge on any atom is 0.264 e. The van der Waals surface area contributed by atoms with Crippen LogP contribution < -0.4 is 14.5 Å². The molecule has 6 rings (SSSR count). The maximum atomic E-state index is 15.8. The molecule has 1 spiro atoms. The predicted molar refractivity (Wildman–Crippen MR) is 162 cm³/mol. The highest BCUT2D eigenvalue weighted by Gasteiger charge is 2.66. The van der Waals surface area contributed by atoms with Gasteiger partial charge in [-0.15, -0.1) is 0 Å². The third kappa shape index (κ3) is 4.46. The van der Waals surface area contributed by atoms with Gasteiger partial charge in [0.05, 0.1) is 31.1 Å². The number of ether oxygens (including phenoxy) is 2. The molecule has 220 valence electrons. The normalized spacial score (nSPS) is 25.2. The Hall–Kier alpha value is -3.53. The minimum Gasteiger partial charge on any atom is -0.497 e. The van der Waals surface area contributed by atoms with Gasteiger partial charge in [-0.2, -0.15) is 0 Å². The predicted octanol–water partition coefficient (Wildman–Crippen LogP) is 6.01. The number of methoxy groups -OCH3 is 1. The van der Waals surface area contributed by atoms with Crippen LogP contribution in [0.2, 0.25) is 18.6 Å². The number of benzene rings is 3. The van der Waals surface area contributed by atoms with Crippen LogP contribution in [-0.4, -0.2) is 45.1 Å². The summed E-state index contributed by atoms with van der Waals surface area (Å²) in [6.45, 7) is 5.35. The fourth-order valence-electron chi connectivity index (χ4n) is 7.35. The molecule has 42 heavy (non-hydrogen) atoms. The number of amides is 2. The van der Waals surface area contributed by atoms with Gasteiger partial charge in [0.1, 0.15) is 5.75 Å². The molecule has 3 heterocycles. The fraction of sp³-hybridized carbons (Fsp3) is 0.394. The zero-order valence-corrected chi connectivity index (χ0v) is 25.5. The van der Waals surface area contributed by atoms with Crippen molar-refractivity contribution in [3.8, 4) is 5.75 Å². The smallest absolute Gasteiger partial charge is 0.264 e. The number of aryl methyl sites for hydroxylation is 1.